The fraction of sp³-hybridized carbons (Fsp3) is 0.0714. The summed E-state index contributed by atoms with van der Waals surface area (Å²) in [4.78, 5) is 12.2. The summed E-state index contributed by atoms with van der Waals surface area (Å²) in [6, 6.07) is 10.7. The van der Waals surface area contributed by atoms with E-state index in [2.05, 4.69) is 0 Å². The number of hydrogen-bond acceptors (Lipinski definition) is 2. The van der Waals surface area contributed by atoms with Crippen LogP contribution in [0, 0.1) is 12.7 Å². The van der Waals surface area contributed by atoms with E-state index in [9.17, 15) is 9.18 Å². The van der Waals surface area contributed by atoms with E-state index >= 15 is 0 Å². The van der Waals surface area contributed by atoms with Crippen LogP contribution in [0.2, 0.25) is 0 Å². The molecule has 0 aliphatic heterocycles. The van der Waals surface area contributed by atoms with Gasteiger partial charge in [-0.25, -0.2) is 4.39 Å². The number of ketones is 1. The van der Waals surface area contributed by atoms with Crippen molar-refractivity contribution in [2.45, 2.75) is 6.92 Å². The molecule has 4 heteroatoms. The van der Waals surface area contributed by atoms with Crippen LogP contribution in [0.25, 0.3) is 0 Å². The lowest BCUT2D eigenvalue weighted by Gasteiger charge is -2.07. The lowest BCUT2D eigenvalue weighted by molar-refractivity contribution is 0.103. The second-order valence-corrected chi connectivity index (χ2v) is 3.86. The van der Waals surface area contributed by atoms with Crippen LogP contribution in [0.4, 0.5) is 10.1 Å². The van der Waals surface area contributed by atoms with Crippen LogP contribution >= 0.6 is 12.4 Å². The zero-order chi connectivity index (χ0) is 12.4. The highest BCUT2D eigenvalue weighted by Crippen LogP contribution is 2.19. The topological polar surface area (TPSA) is 43.1 Å². The molecule has 94 valence electrons. The van der Waals surface area contributed by atoms with Crippen LogP contribution in [0.15, 0.2) is 42.5 Å². The molecular weight excluding hydrogens is 253 g/mol. The fourth-order valence-electron chi connectivity index (χ4n) is 1.66. The maximum Gasteiger partial charge on any atom is 0.193 e. The third kappa shape index (κ3) is 2.68. The van der Waals surface area contributed by atoms with Gasteiger partial charge >= 0.3 is 0 Å². The Labute approximate surface area is 111 Å². The number of nitrogens with two attached hydrogens (primary N) is 1. The highest BCUT2D eigenvalue weighted by Gasteiger charge is 2.12. The molecule has 0 amide bonds. The molecule has 0 radical (unpaired) electrons. The number of anilines is 1. The first kappa shape index (κ1) is 14.2. The maximum atomic E-state index is 12.8. The predicted molar refractivity (Wildman–Crippen MR) is 72.7 cm³/mol. The van der Waals surface area contributed by atoms with Crippen LogP contribution in [0.5, 0.6) is 0 Å². The van der Waals surface area contributed by atoms with E-state index in [0.717, 1.165) is 5.56 Å². The molecule has 0 saturated carbocycles. The molecule has 0 heterocycles. The largest absolute Gasteiger partial charge is 0.398 e. The van der Waals surface area contributed by atoms with Crippen molar-refractivity contribution in [1.29, 1.82) is 0 Å². The van der Waals surface area contributed by atoms with E-state index in [1.54, 1.807) is 25.1 Å². The first-order valence-electron chi connectivity index (χ1n) is 5.25. The van der Waals surface area contributed by atoms with Crippen molar-refractivity contribution >= 4 is 23.9 Å². The summed E-state index contributed by atoms with van der Waals surface area (Å²) < 4.78 is 12.8. The zero-order valence-electron chi connectivity index (χ0n) is 9.81. The number of halogens is 2. The number of benzene rings is 2. The average molecular weight is 266 g/mol. The van der Waals surface area contributed by atoms with Gasteiger partial charge in [-0.15, -0.1) is 12.4 Å². The predicted octanol–water partition coefficient (Wildman–Crippen LogP) is 3.37. The Morgan fingerprint density at radius 3 is 2.33 bits per heavy atom. The Morgan fingerprint density at radius 1 is 1.11 bits per heavy atom. The summed E-state index contributed by atoms with van der Waals surface area (Å²) in [6.07, 6.45) is 0. The standard InChI is InChI=1S/C14H12FNO.ClH/c1-9-12(3-2-4-13(9)16)14(17)10-5-7-11(15)8-6-10;/h2-8H,16H2,1H3;1H. The van der Waals surface area contributed by atoms with Crippen molar-refractivity contribution in [3.63, 3.8) is 0 Å². The third-order valence-corrected chi connectivity index (χ3v) is 2.73. The number of rotatable bonds is 2. The normalized spacial score (nSPS) is 9.67. The molecule has 0 saturated heterocycles. The molecule has 0 atom stereocenters. The average Bonchev–Trinajstić information content (AvgIpc) is 2.33. The quantitative estimate of drug-likeness (QED) is 0.668. The van der Waals surface area contributed by atoms with Crippen LogP contribution in [-0.4, -0.2) is 5.78 Å². The molecule has 0 bridgehead atoms. The van der Waals surface area contributed by atoms with E-state index < -0.39 is 0 Å². The Morgan fingerprint density at radius 2 is 1.72 bits per heavy atom. The lowest BCUT2D eigenvalue weighted by atomic mass is 9.98. The third-order valence-electron chi connectivity index (χ3n) is 2.73. The highest BCUT2D eigenvalue weighted by atomic mass is 35.5. The first-order valence-corrected chi connectivity index (χ1v) is 5.25. The van der Waals surface area contributed by atoms with Crippen molar-refractivity contribution in [1.82, 2.24) is 0 Å². The number of carbonyl (C=O) groups excluding carboxylic acids is 1. The van der Waals surface area contributed by atoms with Gasteiger partial charge in [0.05, 0.1) is 0 Å². The monoisotopic (exact) mass is 265 g/mol. The molecule has 0 aliphatic carbocycles. The van der Waals surface area contributed by atoms with Crippen LogP contribution in [-0.2, 0) is 0 Å². The summed E-state index contributed by atoms with van der Waals surface area (Å²) in [5.41, 5.74) is 8.09. The number of hydrogen-bond donors (Lipinski definition) is 1. The molecule has 2 rings (SSSR count). The first-order chi connectivity index (χ1) is 8.09. The smallest absolute Gasteiger partial charge is 0.193 e. The lowest BCUT2D eigenvalue weighted by Crippen LogP contribution is -2.05. The minimum atomic E-state index is -0.356. The van der Waals surface area contributed by atoms with Gasteiger partial charge in [-0.3, -0.25) is 4.79 Å². The molecule has 2 nitrogen and oxygen atoms in total. The highest BCUT2D eigenvalue weighted by molar-refractivity contribution is 6.10. The van der Waals surface area contributed by atoms with Crippen molar-refractivity contribution in [3.05, 3.63) is 65.0 Å². The zero-order valence-corrected chi connectivity index (χ0v) is 10.6. The summed E-state index contributed by atoms with van der Waals surface area (Å²) in [6.45, 7) is 1.80. The summed E-state index contributed by atoms with van der Waals surface area (Å²) in [7, 11) is 0. The van der Waals surface area contributed by atoms with Gasteiger partial charge in [0.15, 0.2) is 5.78 Å². The van der Waals surface area contributed by atoms with Crippen LogP contribution in [0.1, 0.15) is 21.5 Å². The van der Waals surface area contributed by atoms with E-state index in [1.165, 1.54) is 24.3 Å². The van der Waals surface area contributed by atoms with Gasteiger partial charge in [0.25, 0.3) is 0 Å². The van der Waals surface area contributed by atoms with Gasteiger partial charge in [0, 0.05) is 16.8 Å². The Hall–Kier alpha value is -1.87. The molecule has 0 fully saturated rings. The summed E-state index contributed by atoms with van der Waals surface area (Å²) >= 11 is 0. The van der Waals surface area contributed by atoms with Gasteiger partial charge in [0.1, 0.15) is 5.82 Å². The van der Waals surface area contributed by atoms with E-state index in [1.807, 2.05) is 0 Å². The summed E-state index contributed by atoms with van der Waals surface area (Å²) in [5, 5.41) is 0. The van der Waals surface area contributed by atoms with Crippen molar-refractivity contribution < 1.29 is 9.18 Å². The van der Waals surface area contributed by atoms with Gasteiger partial charge in [-0.1, -0.05) is 12.1 Å². The van der Waals surface area contributed by atoms with Gasteiger partial charge in [-0.2, -0.15) is 0 Å². The Bertz CT molecular complexity index is 567. The molecule has 2 N–H and O–H groups in total. The molecule has 0 unspecified atom stereocenters. The van der Waals surface area contributed by atoms with Gasteiger partial charge in [-0.05, 0) is 42.8 Å². The molecule has 0 aliphatic rings. The Balaban J connectivity index is 0.00000162. The van der Waals surface area contributed by atoms with Gasteiger partial charge in [0.2, 0.25) is 0 Å². The van der Waals surface area contributed by atoms with Crippen molar-refractivity contribution in [2.24, 2.45) is 0 Å². The van der Waals surface area contributed by atoms with E-state index in [-0.39, 0.29) is 24.0 Å². The Kier molecular flexibility index (Phi) is 4.45. The molecular formula is C14H13ClFNO. The second-order valence-electron chi connectivity index (χ2n) is 3.86. The van der Waals surface area contributed by atoms with Crippen molar-refractivity contribution in [2.75, 3.05) is 5.73 Å². The molecule has 2 aromatic rings. The number of carbonyl (C=O) groups is 1. The van der Waals surface area contributed by atoms with Crippen LogP contribution in [0.3, 0.4) is 0 Å². The number of nitrogen functional groups attached to an aromatic ring is 1. The maximum absolute atomic E-state index is 12.8. The molecule has 0 spiro atoms. The molecule has 18 heavy (non-hydrogen) atoms. The van der Waals surface area contributed by atoms with Crippen molar-refractivity contribution in [3.8, 4) is 0 Å². The minimum Gasteiger partial charge on any atom is -0.398 e. The van der Waals surface area contributed by atoms with Crippen LogP contribution < -0.4 is 5.73 Å². The van der Waals surface area contributed by atoms with Gasteiger partial charge < -0.3 is 5.73 Å². The summed E-state index contributed by atoms with van der Waals surface area (Å²) in [5.74, 6) is -0.499. The molecule has 0 aromatic heterocycles. The molecule has 2 aromatic carbocycles. The van der Waals surface area contributed by atoms with E-state index in [0.29, 0.717) is 16.8 Å². The fourth-order valence-corrected chi connectivity index (χ4v) is 1.66. The second kappa shape index (κ2) is 5.65. The van der Waals surface area contributed by atoms with E-state index in [4.69, 9.17) is 5.73 Å². The SMILES string of the molecule is Cc1c(N)cccc1C(=O)c1ccc(F)cc1.Cl. The minimum absolute atomic E-state index is 0.